The molecule has 4 rings (SSSR count). The van der Waals surface area contributed by atoms with E-state index in [0.29, 0.717) is 17.1 Å². The van der Waals surface area contributed by atoms with Crippen LogP contribution in [-0.4, -0.2) is 57.2 Å². The molecule has 0 bridgehead atoms. The van der Waals surface area contributed by atoms with E-state index < -0.39 is 5.97 Å². The molecule has 1 fully saturated rings. The van der Waals surface area contributed by atoms with Gasteiger partial charge in [0, 0.05) is 36.7 Å². The summed E-state index contributed by atoms with van der Waals surface area (Å²) in [7, 11) is 1.56. The predicted molar refractivity (Wildman–Crippen MR) is 105 cm³/mol. The van der Waals surface area contributed by atoms with E-state index in [-0.39, 0.29) is 43.6 Å². The lowest BCUT2D eigenvalue weighted by Gasteiger charge is -2.13. The smallest absolute Gasteiger partial charge is 0.326 e. The lowest BCUT2D eigenvalue weighted by atomic mass is 10.0. The summed E-state index contributed by atoms with van der Waals surface area (Å²) >= 11 is 1.53. The predicted octanol–water partition coefficient (Wildman–Crippen LogP) is 1.35. The Morgan fingerprint density at radius 3 is 2.79 bits per heavy atom. The van der Waals surface area contributed by atoms with E-state index in [4.69, 9.17) is 4.74 Å². The van der Waals surface area contributed by atoms with Gasteiger partial charge in [-0.05, 0) is 32.1 Å². The van der Waals surface area contributed by atoms with Crippen LogP contribution in [0.25, 0.3) is 4.96 Å². The van der Waals surface area contributed by atoms with Gasteiger partial charge < -0.3 is 9.64 Å². The molecule has 0 unspecified atom stereocenters. The molecule has 0 spiro atoms. The highest BCUT2D eigenvalue weighted by Crippen LogP contribution is 2.28. The number of fused-ring (bicyclic) bond motifs is 3. The maximum atomic E-state index is 12.5. The summed E-state index contributed by atoms with van der Waals surface area (Å²) in [6.45, 7) is 0.181. The van der Waals surface area contributed by atoms with Gasteiger partial charge in [0.05, 0.1) is 5.69 Å². The highest BCUT2D eigenvalue weighted by molar-refractivity contribution is 7.17. The van der Waals surface area contributed by atoms with Crippen molar-refractivity contribution in [2.45, 2.75) is 45.1 Å². The average Bonchev–Trinajstić information content (AvgIpc) is 3.18. The molecule has 29 heavy (non-hydrogen) atoms. The number of amides is 3. The molecule has 1 aliphatic carbocycles. The Hall–Kier alpha value is -2.75. The van der Waals surface area contributed by atoms with Crippen molar-refractivity contribution in [2.75, 3.05) is 20.1 Å². The molecule has 9 nitrogen and oxygen atoms in total. The topological polar surface area (TPSA) is 101 Å². The highest BCUT2D eigenvalue weighted by atomic mass is 32.1. The van der Waals surface area contributed by atoms with Crippen molar-refractivity contribution in [3.8, 4) is 0 Å². The van der Waals surface area contributed by atoms with Crippen LogP contribution in [0.15, 0.2) is 10.9 Å². The van der Waals surface area contributed by atoms with Gasteiger partial charge in [-0.3, -0.25) is 23.7 Å². The van der Waals surface area contributed by atoms with Gasteiger partial charge in [0.2, 0.25) is 5.91 Å². The van der Waals surface area contributed by atoms with Crippen molar-refractivity contribution < 1.29 is 19.1 Å². The number of esters is 1. The lowest BCUT2D eigenvalue weighted by Crippen LogP contribution is -2.32. The van der Waals surface area contributed by atoms with Crippen molar-refractivity contribution in [3.63, 3.8) is 0 Å². The fourth-order valence-corrected chi connectivity index (χ4v) is 4.95. The number of thiazole rings is 1. The number of aromatic nitrogens is 2. The van der Waals surface area contributed by atoms with Crippen molar-refractivity contribution in [1.82, 2.24) is 19.2 Å². The highest BCUT2D eigenvalue weighted by Gasteiger charge is 2.32. The molecule has 3 heterocycles. The first kappa shape index (κ1) is 19.6. The minimum Gasteiger partial charge on any atom is -0.459 e. The van der Waals surface area contributed by atoms with Crippen molar-refractivity contribution in [1.29, 1.82) is 0 Å². The number of nitrogens with zero attached hydrogens (tertiary/aromatic N) is 4. The summed E-state index contributed by atoms with van der Waals surface area (Å²) in [5, 5.41) is 0. The van der Waals surface area contributed by atoms with Gasteiger partial charge in [-0.2, -0.15) is 0 Å². The lowest BCUT2D eigenvalue weighted by molar-refractivity contribution is -0.145. The molecule has 2 aliphatic rings. The van der Waals surface area contributed by atoms with E-state index >= 15 is 0 Å². The molecule has 3 amide bonds. The number of carbonyl (C=O) groups is 3. The van der Waals surface area contributed by atoms with Crippen LogP contribution in [0.4, 0.5) is 4.79 Å². The minimum absolute atomic E-state index is 0.0686. The zero-order chi connectivity index (χ0) is 20.5. The molecule has 2 aromatic rings. The van der Waals surface area contributed by atoms with Gasteiger partial charge in [0.25, 0.3) is 5.56 Å². The molecule has 0 radical (unpaired) electrons. The Bertz CT molecular complexity index is 1040. The van der Waals surface area contributed by atoms with E-state index in [2.05, 4.69) is 4.98 Å². The summed E-state index contributed by atoms with van der Waals surface area (Å²) < 4.78 is 6.90. The number of imide groups is 1. The third-order valence-corrected chi connectivity index (χ3v) is 6.33. The number of carbonyl (C=O) groups excluding carboxylic acids is 3. The molecule has 0 N–H and O–H groups in total. The number of ether oxygens (including phenoxy) is 1. The Balaban J connectivity index is 1.32. The molecule has 2 aromatic heterocycles. The molecular formula is C19H22N4O5S. The van der Waals surface area contributed by atoms with Crippen LogP contribution < -0.4 is 5.56 Å². The summed E-state index contributed by atoms with van der Waals surface area (Å²) in [5.74, 6) is -0.715. The molecule has 1 saturated heterocycles. The van der Waals surface area contributed by atoms with Crippen LogP contribution in [0.3, 0.4) is 0 Å². The molecule has 10 heteroatoms. The maximum Gasteiger partial charge on any atom is 0.326 e. The van der Waals surface area contributed by atoms with E-state index in [1.54, 1.807) is 11.4 Å². The second-order valence-electron chi connectivity index (χ2n) is 7.33. The molecule has 0 saturated carbocycles. The summed E-state index contributed by atoms with van der Waals surface area (Å²) in [4.78, 5) is 56.8. The molecular weight excluding hydrogens is 396 g/mol. The summed E-state index contributed by atoms with van der Waals surface area (Å²) in [6, 6.07) is 1.07. The fraction of sp³-hybridized carbons (Fsp3) is 0.526. The van der Waals surface area contributed by atoms with Crippen LogP contribution >= 0.6 is 11.3 Å². The third-order valence-electron chi connectivity index (χ3n) is 5.19. The van der Waals surface area contributed by atoms with Gasteiger partial charge in [-0.1, -0.05) is 0 Å². The first-order valence-electron chi connectivity index (χ1n) is 9.68. The van der Waals surface area contributed by atoms with Gasteiger partial charge in [-0.25, -0.2) is 9.78 Å². The second-order valence-corrected chi connectivity index (χ2v) is 8.39. The fourth-order valence-electron chi connectivity index (χ4n) is 3.71. The largest absolute Gasteiger partial charge is 0.459 e. The van der Waals surface area contributed by atoms with Gasteiger partial charge in [0.1, 0.15) is 13.2 Å². The first-order chi connectivity index (χ1) is 13.9. The Labute approximate surface area is 170 Å². The average molecular weight is 418 g/mol. The second kappa shape index (κ2) is 7.94. The number of hydrogen-bond acceptors (Lipinski definition) is 7. The zero-order valence-corrected chi connectivity index (χ0v) is 17.0. The normalized spacial score (nSPS) is 16.6. The molecule has 0 aromatic carbocycles. The van der Waals surface area contributed by atoms with Crippen LogP contribution in [0.5, 0.6) is 0 Å². The standard InChI is InChI=1S/C19H22N4O5S/c1-21-10-16(25)22(19(21)27)8-4-7-17(26)28-11-12-9-15(24)23-13-5-2-3-6-14(13)29-18(23)20-12/h9H,2-8,10-11H2,1H3. The van der Waals surface area contributed by atoms with Crippen LogP contribution in [-0.2, 0) is 33.8 Å². The van der Waals surface area contributed by atoms with Crippen LogP contribution in [0, 0.1) is 0 Å². The molecule has 1 aliphatic heterocycles. The van der Waals surface area contributed by atoms with Gasteiger partial charge in [0.15, 0.2) is 4.96 Å². The Morgan fingerprint density at radius 1 is 1.24 bits per heavy atom. The molecule has 0 atom stereocenters. The summed E-state index contributed by atoms with van der Waals surface area (Å²) in [5.41, 5.74) is 1.35. The SMILES string of the molecule is CN1CC(=O)N(CCCC(=O)OCc2cc(=O)n3c4c(sc3n2)CCCC4)C1=O. The minimum atomic E-state index is -0.454. The zero-order valence-electron chi connectivity index (χ0n) is 16.2. The number of likely N-dealkylation sites (N-methyl/N-ethyl adjacent to an activating group) is 1. The Kier molecular flexibility index (Phi) is 5.35. The van der Waals surface area contributed by atoms with Crippen molar-refractivity contribution >= 4 is 34.2 Å². The maximum absolute atomic E-state index is 12.5. The van der Waals surface area contributed by atoms with Crippen molar-refractivity contribution in [3.05, 3.63) is 32.7 Å². The third kappa shape index (κ3) is 3.89. The Morgan fingerprint density at radius 2 is 2.03 bits per heavy atom. The van der Waals surface area contributed by atoms with Gasteiger partial charge >= 0.3 is 12.0 Å². The van der Waals surface area contributed by atoms with Crippen LogP contribution in [0.2, 0.25) is 0 Å². The van der Waals surface area contributed by atoms with E-state index in [9.17, 15) is 19.2 Å². The number of aryl methyl sites for hydroxylation is 2. The number of hydrogen-bond donors (Lipinski definition) is 0. The van der Waals surface area contributed by atoms with E-state index in [1.165, 1.54) is 27.2 Å². The quantitative estimate of drug-likeness (QED) is 0.518. The van der Waals surface area contributed by atoms with E-state index in [1.807, 2.05) is 0 Å². The van der Waals surface area contributed by atoms with Crippen LogP contribution in [0.1, 0.15) is 41.9 Å². The summed E-state index contributed by atoms with van der Waals surface area (Å²) in [6.07, 6.45) is 4.49. The molecule has 154 valence electrons. The van der Waals surface area contributed by atoms with E-state index in [0.717, 1.165) is 36.3 Å². The van der Waals surface area contributed by atoms with Gasteiger partial charge in [-0.15, -0.1) is 11.3 Å². The monoisotopic (exact) mass is 418 g/mol. The number of urea groups is 1. The van der Waals surface area contributed by atoms with Crippen molar-refractivity contribution in [2.24, 2.45) is 0 Å². The first-order valence-corrected chi connectivity index (χ1v) is 10.5. The number of rotatable bonds is 6.